The van der Waals surface area contributed by atoms with Crippen molar-refractivity contribution < 1.29 is 9.53 Å². The largest absolute Gasteiger partial charge is 0.444 e. The normalized spacial score (nSPS) is 28.8. The Morgan fingerprint density at radius 3 is 2.75 bits per heavy atom. The van der Waals surface area contributed by atoms with E-state index in [0.717, 1.165) is 12.8 Å². The minimum Gasteiger partial charge on any atom is -0.444 e. The van der Waals surface area contributed by atoms with Crippen molar-refractivity contribution in [3.8, 4) is 0 Å². The number of alkyl carbamates (subject to hydrolysis) is 1. The van der Waals surface area contributed by atoms with Crippen LogP contribution in [0.15, 0.2) is 0 Å². The number of carbonyl (C=O) groups is 1. The molecule has 3 heteroatoms. The first-order valence-corrected chi connectivity index (χ1v) is 4.60. The summed E-state index contributed by atoms with van der Waals surface area (Å²) in [5, 5.41) is 2.83. The molecule has 1 rings (SSSR count). The maximum absolute atomic E-state index is 10.9. The molecular weight excluding hydrogens is 154 g/mol. The van der Waals surface area contributed by atoms with Crippen LogP contribution in [-0.2, 0) is 4.74 Å². The van der Waals surface area contributed by atoms with E-state index < -0.39 is 0 Å². The third-order valence-corrected chi connectivity index (χ3v) is 2.14. The number of carbonyl (C=O) groups excluding carboxylic acids is 1. The first-order valence-electron chi connectivity index (χ1n) is 4.60. The summed E-state index contributed by atoms with van der Waals surface area (Å²) in [4.78, 5) is 10.9. The van der Waals surface area contributed by atoms with Gasteiger partial charge in [0.25, 0.3) is 0 Å². The van der Waals surface area contributed by atoms with Crippen LogP contribution in [0.3, 0.4) is 0 Å². The molecule has 3 nitrogen and oxygen atoms in total. The zero-order valence-electron chi connectivity index (χ0n) is 7.96. The van der Waals surface area contributed by atoms with E-state index >= 15 is 0 Å². The second-order valence-electron chi connectivity index (χ2n) is 3.73. The monoisotopic (exact) mass is 171 g/mol. The highest BCUT2D eigenvalue weighted by Crippen LogP contribution is 2.18. The van der Waals surface area contributed by atoms with Crippen LogP contribution < -0.4 is 5.32 Å². The van der Waals surface area contributed by atoms with Crippen LogP contribution in [-0.4, -0.2) is 18.2 Å². The summed E-state index contributed by atoms with van der Waals surface area (Å²) >= 11 is 0. The van der Waals surface area contributed by atoms with Gasteiger partial charge in [-0.3, -0.25) is 0 Å². The van der Waals surface area contributed by atoms with Crippen LogP contribution in [0.25, 0.3) is 0 Å². The molecule has 12 heavy (non-hydrogen) atoms. The Morgan fingerprint density at radius 2 is 2.25 bits per heavy atom. The summed E-state index contributed by atoms with van der Waals surface area (Å²) in [5.41, 5.74) is 0. The summed E-state index contributed by atoms with van der Waals surface area (Å²) in [6, 6.07) is 0.225. The summed E-state index contributed by atoms with van der Waals surface area (Å²) in [5.74, 6) is 0.603. The van der Waals surface area contributed by atoms with E-state index in [1.54, 1.807) is 0 Å². The van der Waals surface area contributed by atoms with Gasteiger partial charge in [-0.25, -0.2) is 4.79 Å². The Kier molecular flexibility index (Phi) is 2.95. The molecule has 1 N–H and O–H groups in total. The minimum atomic E-state index is -0.257. The lowest BCUT2D eigenvalue weighted by Gasteiger charge is -2.16. The fourth-order valence-electron chi connectivity index (χ4n) is 1.58. The first kappa shape index (κ1) is 9.36. The van der Waals surface area contributed by atoms with Gasteiger partial charge in [0, 0.05) is 0 Å². The molecule has 0 aromatic carbocycles. The molecule has 1 aliphatic rings. The molecule has 0 radical (unpaired) electrons. The van der Waals surface area contributed by atoms with E-state index in [0.29, 0.717) is 5.92 Å². The van der Waals surface area contributed by atoms with Gasteiger partial charge in [-0.15, -0.1) is 0 Å². The maximum Gasteiger partial charge on any atom is 0.407 e. The highest BCUT2D eigenvalue weighted by molar-refractivity contribution is 5.70. The van der Waals surface area contributed by atoms with Crippen molar-refractivity contribution >= 4 is 6.09 Å². The van der Waals surface area contributed by atoms with Gasteiger partial charge >= 0.3 is 6.09 Å². The van der Waals surface area contributed by atoms with Crippen LogP contribution in [0, 0.1) is 5.92 Å². The van der Waals surface area contributed by atoms with Crippen LogP contribution >= 0.6 is 0 Å². The molecule has 0 unspecified atom stereocenters. The van der Waals surface area contributed by atoms with E-state index in [-0.39, 0.29) is 18.2 Å². The van der Waals surface area contributed by atoms with Gasteiger partial charge in [-0.05, 0) is 18.8 Å². The molecule has 1 amide bonds. The molecule has 1 aliphatic heterocycles. The van der Waals surface area contributed by atoms with Gasteiger partial charge in [-0.2, -0.15) is 0 Å². The van der Waals surface area contributed by atoms with Crippen molar-refractivity contribution in [1.82, 2.24) is 5.32 Å². The van der Waals surface area contributed by atoms with E-state index in [2.05, 4.69) is 19.2 Å². The Morgan fingerprint density at radius 1 is 1.58 bits per heavy atom. The Labute approximate surface area is 73.5 Å². The van der Waals surface area contributed by atoms with Crippen molar-refractivity contribution in [2.45, 2.75) is 45.8 Å². The van der Waals surface area contributed by atoms with Gasteiger partial charge < -0.3 is 10.1 Å². The van der Waals surface area contributed by atoms with Gasteiger partial charge in [0.05, 0.1) is 6.04 Å². The van der Waals surface area contributed by atoms with Crippen LogP contribution in [0.1, 0.15) is 33.6 Å². The number of ether oxygens (including phenoxy) is 1. The molecule has 2 atom stereocenters. The quantitative estimate of drug-likeness (QED) is 0.704. The van der Waals surface area contributed by atoms with Crippen molar-refractivity contribution in [2.75, 3.05) is 0 Å². The minimum absolute atomic E-state index is 0.0832. The lowest BCUT2D eigenvalue weighted by atomic mass is 9.99. The SMILES string of the molecule is CC[C@@H]1OC(=O)N[C@H]1CC(C)C. The Bertz CT molecular complexity index is 168. The van der Waals surface area contributed by atoms with E-state index in [1.165, 1.54) is 0 Å². The number of rotatable bonds is 3. The predicted octanol–water partition coefficient (Wildman–Crippen LogP) is 1.92. The summed E-state index contributed by atoms with van der Waals surface area (Å²) in [7, 11) is 0. The Balaban J connectivity index is 2.46. The van der Waals surface area contributed by atoms with E-state index in [9.17, 15) is 4.79 Å². The van der Waals surface area contributed by atoms with E-state index in [1.807, 2.05) is 6.92 Å². The van der Waals surface area contributed by atoms with Crippen LogP contribution in [0.5, 0.6) is 0 Å². The molecule has 0 saturated carbocycles. The summed E-state index contributed by atoms with van der Waals surface area (Å²) in [6.07, 6.45) is 1.73. The average molecular weight is 171 g/mol. The van der Waals surface area contributed by atoms with E-state index in [4.69, 9.17) is 4.74 Å². The molecule has 0 aromatic rings. The van der Waals surface area contributed by atoms with Crippen molar-refractivity contribution in [2.24, 2.45) is 5.92 Å². The molecule has 70 valence electrons. The fraction of sp³-hybridized carbons (Fsp3) is 0.889. The molecule has 0 spiro atoms. The van der Waals surface area contributed by atoms with Gasteiger partial charge in [-0.1, -0.05) is 20.8 Å². The van der Waals surface area contributed by atoms with Crippen molar-refractivity contribution in [3.05, 3.63) is 0 Å². The summed E-state index contributed by atoms with van der Waals surface area (Å²) < 4.78 is 5.07. The molecular formula is C9H17NO2. The molecule has 1 heterocycles. The highest BCUT2D eigenvalue weighted by Gasteiger charge is 2.32. The zero-order chi connectivity index (χ0) is 9.14. The average Bonchev–Trinajstić information content (AvgIpc) is 2.29. The lowest BCUT2D eigenvalue weighted by molar-refractivity contribution is 0.126. The smallest absolute Gasteiger partial charge is 0.407 e. The molecule has 1 fully saturated rings. The third kappa shape index (κ3) is 2.13. The molecule has 1 saturated heterocycles. The van der Waals surface area contributed by atoms with Crippen LogP contribution in [0.4, 0.5) is 4.79 Å². The molecule has 0 bridgehead atoms. The maximum atomic E-state index is 10.9. The number of hydrogen-bond acceptors (Lipinski definition) is 2. The number of hydrogen-bond donors (Lipinski definition) is 1. The first-order chi connectivity index (χ1) is 5.63. The second kappa shape index (κ2) is 3.78. The predicted molar refractivity (Wildman–Crippen MR) is 46.9 cm³/mol. The number of amides is 1. The number of cyclic esters (lactones) is 1. The third-order valence-electron chi connectivity index (χ3n) is 2.14. The molecule has 0 aliphatic carbocycles. The second-order valence-corrected chi connectivity index (χ2v) is 3.73. The van der Waals surface area contributed by atoms with Gasteiger partial charge in [0.2, 0.25) is 0 Å². The highest BCUT2D eigenvalue weighted by atomic mass is 16.6. The van der Waals surface area contributed by atoms with Crippen LogP contribution in [0.2, 0.25) is 0 Å². The van der Waals surface area contributed by atoms with Gasteiger partial charge in [0.15, 0.2) is 0 Å². The standard InChI is InChI=1S/C9H17NO2/c1-4-8-7(5-6(2)3)10-9(11)12-8/h6-8H,4-5H2,1-3H3,(H,10,11)/t7-,8-/m0/s1. The molecule has 0 aromatic heterocycles. The van der Waals surface area contributed by atoms with Crippen molar-refractivity contribution in [1.29, 1.82) is 0 Å². The topological polar surface area (TPSA) is 38.3 Å². The van der Waals surface area contributed by atoms with Gasteiger partial charge in [0.1, 0.15) is 6.10 Å². The number of nitrogens with one attached hydrogen (secondary N) is 1. The Hall–Kier alpha value is -0.730. The fourth-order valence-corrected chi connectivity index (χ4v) is 1.58. The lowest BCUT2D eigenvalue weighted by Crippen LogP contribution is -2.32. The summed E-state index contributed by atoms with van der Waals surface area (Å²) in [6.45, 7) is 6.34. The zero-order valence-corrected chi connectivity index (χ0v) is 7.96. The van der Waals surface area contributed by atoms with Crippen molar-refractivity contribution in [3.63, 3.8) is 0 Å².